The average molecular weight is 307 g/mol. The number of unbranched alkanes of at least 4 members (excludes halogenated alkanes) is 1. The molecule has 1 N–H and O–H groups in total. The van der Waals surface area contributed by atoms with Gasteiger partial charge in [0.2, 0.25) is 11.0 Å². The Morgan fingerprint density at radius 2 is 2.11 bits per heavy atom. The summed E-state index contributed by atoms with van der Waals surface area (Å²) < 4.78 is 33.0. The number of fused-ring (bicyclic) bond motifs is 1. The van der Waals surface area contributed by atoms with Crippen molar-refractivity contribution in [3.8, 4) is 0 Å². The Hall–Kier alpha value is -0.690. The summed E-state index contributed by atoms with van der Waals surface area (Å²) in [5.74, 6) is -0.184. The first-order valence-electron chi connectivity index (χ1n) is 5.47. The van der Waals surface area contributed by atoms with Crippen LogP contribution >= 0.6 is 22.9 Å². The van der Waals surface area contributed by atoms with E-state index in [4.69, 9.17) is 16.2 Å². The largest absolute Gasteiger partial charge is 0.286 e. The number of benzene rings is 1. The molecule has 0 saturated carbocycles. The van der Waals surface area contributed by atoms with Crippen LogP contribution < -0.4 is 4.57 Å². The Bertz CT molecular complexity index is 651. The van der Waals surface area contributed by atoms with E-state index in [-0.39, 0.29) is 5.75 Å². The monoisotopic (exact) mass is 306 g/mol. The van der Waals surface area contributed by atoms with E-state index < -0.39 is 10.1 Å². The third-order valence-corrected chi connectivity index (χ3v) is 4.59. The van der Waals surface area contributed by atoms with Crippen molar-refractivity contribution < 1.29 is 17.5 Å². The summed E-state index contributed by atoms with van der Waals surface area (Å²) in [5.41, 5.74) is 3.05. The molecule has 2 rings (SSSR count). The molecule has 0 unspecified atom stereocenters. The van der Waals surface area contributed by atoms with Crippen molar-refractivity contribution >= 4 is 43.3 Å². The van der Waals surface area contributed by atoms with E-state index in [1.165, 1.54) is 0 Å². The molecule has 1 heterocycles. The topological polar surface area (TPSA) is 58.3 Å². The van der Waals surface area contributed by atoms with Gasteiger partial charge in [-0.3, -0.25) is 4.55 Å². The van der Waals surface area contributed by atoms with Gasteiger partial charge in [-0.15, -0.1) is 0 Å². The summed E-state index contributed by atoms with van der Waals surface area (Å²) in [5, 5.41) is 0.688. The highest BCUT2D eigenvalue weighted by Crippen LogP contribution is 2.20. The lowest BCUT2D eigenvalue weighted by atomic mass is 10.3. The smallest absolute Gasteiger partial charge is 0.264 e. The van der Waals surface area contributed by atoms with Crippen LogP contribution in [0.25, 0.3) is 10.2 Å². The quantitative estimate of drug-likeness (QED) is 0.524. The molecule has 1 aromatic carbocycles. The third kappa shape index (κ3) is 3.65. The second kappa shape index (κ2) is 5.52. The van der Waals surface area contributed by atoms with Gasteiger partial charge in [-0.25, -0.2) is 0 Å². The average Bonchev–Trinajstić information content (AvgIpc) is 2.66. The molecule has 0 bridgehead atoms. The van der Waals surface area contributed by atoms with Gasteiger partial charge >= 0.3 is 0 Å². The van der Waals surface area contributed by atoms with Crippen LogP contribution in [0.5, 0.6) is 0 Å². The number of rotatable bonds is 5. The lowest BCUT2D eigenvalue weighted by Crippen LogP contribution is -2.31. The van der Waals surface area contributed by atoms with E-state index >= 15 is 0 Å². The molecule has 0 aliphatic rings. The molecular formula is C11H13ClNO3S2+. The molecule has 0 aliphatic heterocycles. The predicted molar refractivity (Wildman–Crippen MR) is 72.7 cm³/mol. The molecule has 0 atom stereocenters. The zero-order valence-corrected chi connectivity index (χ0v) is 11.9. The molecule has 0 amide bonds. The summed E-state index contributed by atoms with van der Waals surface area (Å²) in [4.78, 5) is 0. The van der Waals surface area contributed by atoms with Gasteiger partial charge in [0.05, 0.1) is 5.75 Å². The van der Waals surface area contributed by atoms with E-state index in [2.05, 4.69) is 4.57 Å². The van der Waals surface area contributed by atoms with Gasteiger partial charge in [-0.2, -0.15) is 13.0 Å². The van der Waals surface area contributed by atoms with E-state index in [1.807, 2.05) is 23.7 Å². The van der Waals surface area contributed by atoms with Crippen molar-refractivity contribution in [2.45, 2.75) is 19.4 Å². The highest BCUT2D eigenvalue weighted by Gasteiger charge is 2.12. The van der Waals surface area contributed by atoms with Crippen LogP contribution in [-0.4, -0.2) is 18.7 Å². The van der Waals surface area contributed by atoms with Crippen molar-refractivity contribution in [3.63, 3.8) is 0 Å². The molecule has 0 fully saturated rings. The molecule has 0 radical (unpaired) electrons. The Morgan fingerprint density at radius 1 is 1.33 bits per heavy atom. The highest BCUT2D eigenvalue weighted by molar-refractivity contribution is 7.85. The number of halogens is 1. The maximum Gasteiger partial charge on any atom is 0.264 e. The van der Waals surface area contributed by atoms with E-state index in [1.54, 1.807) is 11.3 Å². The first-order chi connectivity index (χ1) is 8.46. The summed E-state index contributed by atoms with van der Waals surface area (Å²) >= 11 is 7.57. The molecule has 0 saturated heterocycles. The van der Waals surface area contributed by atoms with Gasteiger partial charge < -0.3 is 0 Å². The first-order valence-corrected chi connectivity index (χ1v) is 8.34. The zero-order chi connectivity index (χ0) is 13.2. The molecular weight excluding hydrogens is 294 g/mol. The Labute approximate surface area is 115 Å². The van der Waals surface area contributed by atoms with Gasteiger partial charge in [-0.05, 0) is 18.6 Å². The van der Waals surface area contributed by atoms with Crippen LogP contribution in [0.4, 0.5) is 0 Å². The standard InChI is InChI=1S/C11H12ClNO3S2/c12-9-3-4-11-10(7-9)13(8-17-11)5-1-2-6-18(14,15)16/h3-4,7-8H,1-2,5-6H2/p+1. The molecule has 1 aromatic heterocycles. The zero-order valence-electron chi connectivity index (χ0n) is 9.54. The second-order valence-corrected chi connectivity index (χ2v) is 6.92. The number of aryl methyl sites for hydroxylation is 1. The molecule has 98 valence electrons. The van der Waals surface area contributed by atoms with Crippen molar-refractivity contribution in [2.75, 3.05) is 5.75 Å². The molecule has 7 heteroatoms. The van der Waals surface area contributed by atoms with Gasteiger partial charge in [0.1, 0.15) is 11.2 Å². The van der Waals surface area contributed by atoms with Crippen molar-refractivity contribution in [3.05, 3.63) is 28.7 Å². The lowest BCUT2D eigenvalue weighted by molar-refractivity contribution is -0.667. The normalized spacial score (nSPS) is 12.1. The van der Waals surface area contributed by atoms with Gasteiger partial charge in [0.15, 0.2) is 0 Å². The fourth-order valence-electron chi connectivity index (χ4n) is 1.73. The Balaban J connectivity index is 2.02. The van der Waals surface area contributed by atoms with E-state index in [9.17, 15) is 8.42 Å². The molecule has 4 nitrogen and oxygen atoms in total. The second-order valence-electron chi connectivity index (χ2n) is 4.02. The number of hydrogen-bond donors (Lipinski definition) is 1. The van der Waals surface area contributed by atoms with Gasteiger partial charge in [0.25, 0.3) is 10.1 Å². The van der Waals surface area contributed by atoms with Gasteiger partial charge in [0, 0.05) is 17.5 Å². The first kappa shape index (κ1) is 13.7. The molecule has 0 aliphatic carbocycles. The third-order valence-electron chi connectivity index (χ3n) is 2.59. The number of thiazole rings is 1. The Kier molecular flexibility index (Phi) is 4.21. The Morgan fingerprint density at radius 3 is 2.83 bits per heavy atom. The minimum atomic E-state index is -3.84. The molecule has 2 aromatic rings. The van der Waals surface area contributed by atoms with Crippen LogP contribution in [-0.2, 0) is 16.7 Å². The van der Waals surface area contributed by atoms with Crippen molar-refractivity contribution in [1.82, 2.24) is 0 Å². The van der Waals surface area contributed by atoms with Gasteiger partial charge in [-0.1, -0.05) is 22.9 Å². The van der Waals surface area contributed by atoms with Crippen LogP contribution in [0, 0.1) is 0 Å². The maximum atomic E-state index is 10.6. The fourth-order valence-corrected chi connectivity index (χ4v) is 3.37. The number of nitrogens with zero attached hydrogens (tertiary/aromatic N) is 1. The lowest BCUT2D eigenvalue weighted by Gasteiger charge is -1.96. The van der Waals surface area contributed by atoms with E-state index in [0.29, 0.717) is 17.9 Å². The van der Waals surface area contributed by atoms with Crippen molar-refractivity contribution in [2.24, 2.45) is 0 Å². The van der Waals surface area contributed by atoms with E-state index in [0.717, 1.165) is 16.8 Å². The SMILES string of the molecule is O=S(=O)(O)CCCC[n+]1csc2ccc(Cl)cc21. The molecule has 18 heavy (non-hydrogen) atoms. The van der Waals surface area contributed by atoms with Crippen LogP contribution in [0.1, 0.15) is 12.8 Å². The summed E-state index contributed by atoms with van der Waals surface area (Å²) in [6.07, 6.45) is 1.15. The fraction of sp³-hybridized carbons (Fsp3) is 0.364. The summed E-state index contributed by atoms with van der Waals surface area (Å²) in [6.45, 7) is 0.718. The van der Waals surface area contributed by atoms with Crippen LogP contribution in [0.3, 0.4) is 0 Å². The predicted octanol–water partition coefficient (Wildman–Crippen LogP) is 2.51. The summed E-state index contributed by atoms with van der Waals surface area (Å²) in [7, 11) is -3.84. The minimum Gasteiger partial charge on any atom is -0.286 e. The summed E-state index contributed by atoms with van der Waals surface area (Å²) in [6, 6.07) is 5.72. The minimum absolute atomic E-state index is 0.184. The highest BCUT2D eigenvalue weighted by atomic mass is 35.5. The van der Waals surface area contributed by atoms with Crippen molar-refractivity contribution in [1.29, 1.82) is 0 Å². The van der Waals surface area contributed by atoms with Crippen LogP contribution in [0.2, 0.25) is 5.02 Å². The number of aromatic nitrogens is 1. The number of hydrogen-bond acceptors (Lipinski definition) is 3. The maximum absolute atomic E-state index is 10.6. The van der Waals surface area contributed by atoms with Crippen LogP contribution in [0.15, 0.2) is 23.7 Å². The molecule has 0 spiro atoms.